The van der Waals surface area contributed by atoms with Crippen LogP contribution in [-0.2, 0) is 6.42 Å². The van der Waals surface area contributed by atoms with Gasteiger partial charge in [0, 0.05) is 21.5 Å². The van der Waals surface area contributed by atoms with Crippen molar-refractivity contribution >= 4 is 58.0 Å². The van der Waals surface area contributed by atoms with Crippen LogP contribution in [0.2, 0.25) is 25.1 Å². The second kappa shape index (κ2) is 6.56. The fraction of sp³-hybridized carbons (Fsp3) is 0.250. The van der Waals surface area contributed by atoms with E-state index in [1.807, 2.05) is 26.8 Å². The van der Waals surface area contributed by atoms with E-state index in [1.54, 1.807) is 6.07 Å². The third kappa shape index (κ3) is 3.30. The highest BCUT2D eigenvalue weighted by Gasteiger charge is 2.16. The summed E-state index contributed by atoms with van der Waals surface area (Å²) in [6, 6.07) is 3.54. The molecule has 112 valence electrons. The quantitative estimate of drug-likeness (QED) is 0.473. The predicted molar refractivity (Wildman–Crippen MR) is 95.0 cm³/mol. The molecule has 0 saturated carbocycles. The van der Waals surface area contributed by atoms with E-state index >= 15 is 0 Å². The minimum absolute atomic E-state index is 0.451. The molecule has 0 fully saturated rings. The summed E-state index contributed by atoms with van der Waals surface area (Å²) in [4.78, 5) is 0. The van der Waals surface area contributed by atoms with Gasteiger partial charge < -0.3 is 0 Å². The van der Waals surface area contributed by atoms with E-state index < -0.39 is 0 Å². The first-order valence-electron chi connectivity index (χ1n) is 6.31. The van der Waals surface area contributed by atoms with Crippen LogP contribution in [0.5, 0.6) is 0 Å². The maximum absolute atomic E-state index is 6.44. The van der Waals surface area contributed by atoms with Gasteiger partial charge in [0.1, 0.15) is 0 Å². The summed E-state index contributed by atoms with van der Waals surface area (Å²) in [5.41, 5.74) is 4.66. The Labute approximate surface area is 149 Å². The summed E-state index contributed by atoms with van der Waals surface area (Å²) in [5.74, 6) is 0. The van der Waals surface area contributed by atoms with Gasteiger partial charge in [0.15, 0.2) is 0 Å². The lowest BCUT2D eigenvalue weighted by Crippen LogP contribution is -1.98. The molecule has 0 saturated heterocycles. The zero-order chi connectivity index (χ0) is 15.9. The lowest BCUT2D eigenvalue weighted by atomic mass is 9.97. The zero-order valence-corrected chi connectivity index (χ0v) is 15.5. The molecule has 0 nitrogen and oxygen atoms in total. The number of rotatable bonds is 2. The largest absolute Gasteiger partial charge is 0.0840 e. The van der Waals surface area contributed by atoms with Crippen molar-refractivity contribution in [2.24, 2.45) is 0 Å². The molecule has 2 aromatic rings. The highest BCUT2D eigenvalue weighted by molar-refractivity contribution is 6.44. The minimum Gasteiger partial charge on any atom is -0.0840 e. The van der Waals surface area contributed by atoms with Crippen molar-refractivity contribution in [3.63, 3.8) is 0 Å². The summed E-state index contributed by atoms with van der Waals surface area (Å²) in [7, 11) is 0. The van der Waals surface area contributed by atoms with Gasteiger partial charge in [-0.2, -0.15) is 0 Å². The Bertz CT molecular complexity index is 720. The second-order valence-electron chi connectivity index (χ2n) is 5.02. The van der Waals surface area contributed by atoms with Crippen LogP contribution in [0, 0.1) is 20.8 Å². The van der Waals surface area contributed by atoms with E-state index in [2.05, 4.69) is 0 Å². The van der Waals surface area contributed by atoms with Crippen molar-refractivity contribution < 1.29 is 0 Å². The monoisotopic (exact) mass is 380 g/mol. The standard InChI is InChI=1S/C16H13Cl5/c1-7-8(2)15(20)10(5-12(7)17)4-11-9(3)16(21)14(19)6-13(11)18/h5-6H,4H2,1-3H3. The average molecular weight is 383 g/mol. The highest BCUT2D eigenvalue weighted by Crippen LogP contribution is 2.37. The van der Waals surface area contributed by atoms with Crippen molar-refractivity contribution in [2.75, 3.05) is 0 Å². The number of hydrogen-bond donors (Lipinski definition) is 0. The minimum atomic E-state index is 0.451. The molecule has 0 atom stereocenters. The van der Waals surface area contributed by atoms with Crippen molar-refractivity contribution in [3.8, 4) is 0 Å². The summed E-state index contributed by atoms with van der Waals surface area (Å²) < 4.78 is 0. The van der Waals surface area contributed by atoms with Crippen LogP contribution in [0.1, 0.15) is 27.8 Å². The van der Waals surface area contributed by atoms with Crippen LogP contribution in [0.4, 0.5) is 0 Å². The smallest absolute Gasteiger partial charge is 0.0625 e. The highest BCUT2D eigenvalue weighted by atomic mass is 35.5. The molecular weight excluding hydrogens is 369 g/mol. The Morgan fingerprint density at radius 1 is 0.667 bits per heavy atom. The molecule has 0 heterocycles. The summed E-state index contributed by atoms with van der Waals surface area (Å²) in [6.45, 7) is 5.80. The summed E-state index contributed by atoms with van der Waals surface area (Å²) in [6.07, 6.45) is 0.557. The average Bonchev–Trinajstić information content (AvgIpc) is 2.44. The van der Waals surface area contributed by atoms with Crippen LogP contribution in [0.15, 0.2) is 12.1 Å². The number of hydrogen-bond acceptors (Lipinski definition) is 0. The first-order valence-corrected chi connectivity index (χ1v) is 8.20. The molecule has 2 aromatic carbocycles. The van der Waals surface area contributed by atoms with Crippen LogP contribution in [0.25, 0.3) is 0 Å². The third-order valence-electron chi connectivity index (χ3n) is 3.73. The molecule has 0 aliphatic heterocycles. The van der Waals surface area contributed by atoms with Crippen molar-refractivity contribution in [1.82, 2.24) is 0 Å². The first kappa shape index (κ1) is 17.2. The molecule has 21 heavy (non-hydrogen) atoms. The molecule has 0 aliphatic carbocycles. The van der Waals surface area contributed by atoms with Gasteiger partial charge >= 0.3 is 0 Å². The van der Waals surface area contributed by atoms with Crippen molar-refractivity contribution in [2.45, 2.75) is 27.2 Å². The lowest BCUT2D eigenvalue weighted by Gasteiger charge is -2.15. The van der Waals surface area contributed by atoms with E-state index in [9.17, 15) is 0 Å². The van der Waals surface area contributed by atoms with Crippen LogP contribution >= 0.6 is 58.0 Å². The fourth-order valence-electron chi connectivity index (χ4n) is 2.20. The number of halogens is 5. The second-order valence-corrected chi connectivity index (χ2v) is 6.99. The van der Waals surface area contributed by atoms with Gasteiger partial charge in [-0.15, -0.1) is 0 Å². The molecule has 5 heteroatoms. The molecule has 0 aliphatic rings. The number of benzene rings is 2. The topological polar surface area (TPSA) is 0 Å². The molecule has 0 amide bonds. The molecule has 0 radical (unpaired) electrons. The molecule has 0 unspecified atom stereocenters. The maximum Gasteiger partial charge on any atom is 0.0625 e. The molecule has 0 N–H and O–H groups in total. The van der Waals surface area contributed by atoms with E-state index in [-0.39, 0.29) is 0 Å². The molecule has 2 rings (SSSR count). The van der Waals surface area contributed by atoms with Gasteiger partial charge in [0.2, 0.25) is 0 Å². The van der Waals surface area contributed by atoms with Gasteiger partial charge in [0.25, 0.3) is 0 Å². The Morgan fingerprint density at radius 3 is 1.90 bits per heavy atom. The SMILES string of the molecule is Cc1c(Cl)cc(Cc2c(Cl)cc(Cl)c(Cl)c2C)c(Cl)c1C. The van der Waals surface area contributed by atoms with Gasteiger partial charge in [-0.25, -0.2) is 0 Å². The Morgan fingerprint density at radius 2 is 1.29 bits per heavy atom. The van der Waals surface area contributed by atoms with Crippen molar-refractivity contribution in [1.29, 1.82) is 0 Å². The maximum atomic E-state index is 6.44. The van der Waals surface area contributed by atoms with E-state index in [1.165, 1.54) is 0 Å². The van der Waals surface area contributed by atoms with Gasteiger partial charge in [-0.1, -0.05) is 58.0 Å². The van der Waals surface area contributed by atoms with E-state index in [0.29, 0.717) is 31.5 Å². The molecule has 0 bridgehead atoms. The molecule has 0 spiro atoms. The fourth-order valence-corrected chi connectivity index (χ4v) is 3.53. The van der Waals surface area contributed by atoms with Crippen LogP contribution in [0.3, 0.4) is 0 Å². The van der Waals surface area contributed by atoms with Gasteiger partial charge in [0.05, 0.1) is 10.0 Å². The van der Waals surface area contributed by atoms with Gasteiger partial charge in [-0.05, 0) is 60.7 Å². The predicted octanol–water partition coefficient (Wildman–Crippen LogP) is 7.47. The van der Waals surface area contributed by atoms with E-state index in [4.69, 9.17) is 58.0 Å². The van der Waals surface area contributed by atoms with Crippen LogP contribution < -0.4 is 0 Å². The summed E-state index contributed by atoms with van der Waals surface area (Å²) >= 11 is 31.2. The van der Waals surface area contributed by atoms with E-state index in [0.717, 1.165) is 27.8 Å². The first-order chi connectivity index (χ1) is 9.73. The van der Waals surface area contributed by atoms with Crippen molar-refractivity contribution in [3.05, 3.63) is 65.1 Å². The molecular formula is C16H13Cl5. The Kier molecular flexibility index (Phi) is 5.39. The lowest BCUT2D eigenvalue weighted by molar-refractivity contribution is 1.14. The zero-order valence-electron chi connectivity index (χ0n) is 11.8. The Balaban J connectivity index is 2.56. The third-order valence-corrected chi connectivity index (χ3v) is 5.87. The Hall–Kier alpha value is -0.110. The van der Waals surface area contributed by atoms with Gasteiger partial charge in [-0.3, -0.25) is 0 Å². The summed E-state index contributed by atoms with van der Waals surface area (Å²) in [5, 5.41) is 2.95. The normalized spacial score (nSPS) is 11.0. The van der Waals surface area contributed by atoms with Crippen LogP contribution in [-0.4, -0.2) is 0 Å². The molecule has 0 aromatic heterocycles.